The van der Waals surface area contributed by atoms with E-state index in [0.717, 1.165) is 0 Å². The smallest absolute Gasteiger partial charge is 0.315 e. The molecule has 0 saturated carbocycles. The molecule has 1 aliphatic heterocycles. The van der Waals surface area contributed by atoms with Crippen molar-refractivity contribution in [2.24, 2.45) is 5.41 Å². The van der Waals surface area contributed by atoms with Gasteiger partial charge in [-0.3, -0.25) is 9.59 Å². The lowest BCUT2D eigenvalue weighted by Crippen LogP contribution is -2.46. The fourth-order valence-electron chi connectivity index (χ4n) is 2.34. The van der Waals surface area contributed by atoms with Crippen LogP contribution >= 0.6 is 31.9 Å². The molecular weight excluding hydrogens is 420 g/mol. The van der Waals surface area contributed by atoms with Gasteiger partial charge in [0.2, 0.25) is 0 Å². The fraction of sp³-hybridized carbons (Fsp3) is 0.333. The van der Waals surface area contributed by atoms with Gasteiger partial charge in [0.25, 0.3) is 0 Å². The van der Waals surface area contributed by atoms with Crippen LogP contribution in [0.3, 0.4) is 0 Å². The van der Waals surface area contributed by atoms with Gasteiger partial charge >= 0.3 is 5.97 Å². The molecule has 1 aromatic rings. The minimum absolute atomic E-state index is 0.00731. The number of hydrogen-bond acceptors (Lipinski definition) is 5. The molecule has 1 unspecified atom stereocenters. The fourth-order valence-corrected chi connectivity index (χ4v) is 3.66. The average molecular weight is 434 g/mol. The quantitative estimate of drug-likeness (QED) is 0.436. The number of methoxy groups -OCH3 is 1. The number of esters is 1. The first kappa shape index (κ1) is 17.0. The van der Waals surface area contributed by atoms with Crippen molar-refractivity contribution >= 4 is 43.6 Å². The molecule has 5 nitrogen and oxygen atoms in total. The Bertz CT molecular complexity index is 679. The van der Waals surface area contributed by atoms with Crippen molar-refractivity contribution in [2.75, 3.05) is 7.11 Å². The van der Waals surface area contributed by atoms with Crippen molar-refractivity contribution < 1.29 is 24.2 Å². The van der Waals surface area contributed by atoms with E-state index in [1.807, 2.05) is 0 Å². The summed E-state index contributed by atoms with van der Waals surface area (Å²) >= 11 is 6.65. The predicted molar refractivity (Wildman–Crippen MR) is 87.1 cm³/mol. The van der Waals surface area contributed by atoms with Gasteiger partial charge in [-0.2, -0.15) is 0 Å². The molecule has 7 heteroatoms. The number of ketones is 1. The number of fused-ring (bicyclic) bond motifs is 1. The second-order valence-corrected chi connectivity index (χ2v) is 7.16. The van der Waals surface area contributed by atoms with E-state index in [9.17, 15) is 14.7 Å². The van der Waals surface area contributed by atoms with Crippen molar-refractivity contribution in [3.8, 4) is 5.75 Å². The Morgan fingerprint density at radius 2 is 2.05 bits per heavy atom. The lowest BCUT2D eigenvalue weighted by Gasteiger charge is -2.36. The summed E-state index contributed by atoms with van der Waals surface area (Å²) in [5.74, 6) is -0.602. The maximum atomic E-state index is 12.6. The van der Waals surface area contributed by atoms with E-state index < -0.39 is 23.3 Å². The first-order valence-corrected chi connectivity index (χ1v) is 7.95. The lowest BCUT2D eigenvalue weighted by atomic mass is 9.79. The summed E-state index contributed by atoms with van der Waals surface area (Å²) in [6.07, 6.45) is -0.266. The van der Waals surface area contributed by atoms with Crippen molar-refractivity contribution in [3.63, 3.8) is 0 Å². The predicted octanol–water partition coefficient (Wildman–Crippen LogP) is 3.80. The van der Waals surface area contributed by atoms with E-state index in [1.54, 1.807) is 26.0 Å². The maximum Gasteiger partial charge on any atom is 0.315 e. The molecule has 0 aliphatic carbocycles. The third kappa shape index (κ3) is 2.67. The van der Waals surface area contributed by atoms with Crippen molar-refractivity contribution in [1.82, 2.24) is 0 Å². The molecule has 1 atom stereocenters. The van der Waals surface area contributed by atoms with Crippen LogP contribution < -0.4 is 4.74 Å². The van der Waals surface area contributed by atoms with E-state index in [2.05, 4.69) is 31.9 Å². The molecule has 0 amide bonds. The summed E-state index contributed by atoms with van der Waals surface area (Å²) in [7, 11) is 1.26. The molecule has 2 rings (SSSR count). The van der Waals surface area contributed by atoms with E-state index in [0.29, 0.717) is 26.5 Å². The molecule has 0 radical (unpaired) electrons. The minimum atomic E-state index is -1.15. The van der Waals surface area contributed by atoms with Gasteiger partial charge in [-0.1, -0.05) is 15.9 Å². The second kappa shape index (κ2) is 6.04. The molecule has 0 fully saturated rings. The number of halogens is 2. The molecule has 1 aromatic carbocycles. The molecule has 1 aliphatic rings. The lowest BCUT2D eigenvalue weighted by molar-refractivity contribution is -0.155. The van der Waals surface area contributed by atoms with Crippen LogP contribution in [0.4, 0.5) is 0 Å². The van der Waals surface area contributed by atoms with Crippen LogP contribution in [0.15, 0.2) is 32.9 Å². The van der Waals surface area contributed by atoms with E-state index in [1.165, 1.54) is 7.11 Å². The zero-order valence-electron chi connectivity index (χ0n) is 12.1. The third-order valence-corrected chi connectivity index (χ3v) is 4.59. The number of aliphatic hydroxyl groups is 1. The van der Waals surface area contributed by atoms with Crippen LogP contribution in [0, 0.1) is 5.41 Å². The zero-order chi connectivity index (χ0) is 16.7. The monoisotopic (exact) mass is 432 g/mol. The molecule has 1 N–H and O–H groups in total. The Balaban J connectivity index is 2.61. The number of aliphatic hydroxyl groups excluding tert-OH is 1. The summed E-state index contributed by atoms with van der Waals surface area (Å²) in [5.41, 5.74) is -0.838. The van der Waals surface area contributed by atoms with Gasteiger partial charge in [0.1, 0.15) is 17.3 Å². The van der Waals surface area contributed by atoms with Gasteiger partial charge in [0, 0.05) is 4.47 Å². The van der Waals surface area contributed by atoms with Gasteiger partial charge in [0.15, 0.2) is 5.78 Å². The van der Waals surface area contributed by atoms with Gasteiger partial charge in [-0.15, -0.1) is 0 Å². The molecule has 0 saturated heterocycles. The largest absolute Gasteiger partial charge is 0.515 e. The number of rotatable bonds is 2. The van der Waals surface area contributed by atoms with Crippen molar-refractivity contribution in [2.45, 2.75) is 20.0 Å². The topological polar surface area (TPSA) is 72.8 Å². The second-order valence-electron chi connectivity index (χ2n) is 5.39. The highest BCUT2D eigenvalue weighted by Crippen LogP contribution is 2.43. The first-order valence-electron chi connectivity index (χ1n) is 6.37. The molecule has 0 aromatic heterocycles. The maximum absolute atomic E-state index is 12.6. The van der Waals surface area contributed by atoms with Gasteiger partial charge in [-0.05, 0) is 41.9 Å². The van der Waals surface area contributed by atoms with E-state index in [-0.39, 0.29) is 5.57 Å². The SMILES string of the molecule is COC(=O)C(C)(C)C1Oc2c(Br)cc(Br)cc2C(=O)C1=CO. The Labute approximate surface area is 144 Å². The molecule has 0 bridgehead atoms. The Kier molecular flexibility index (Phi) is 4.67. The third-order valence-electron chi connectivity index (χ3n) is 3.54. The van der Waals surface area contributed by atoms with Gasteiger partial charge in [-0.25, -0.2) is 0 Å². The molecule has 118 valence electrons. The average Bonchev–Trinajstić information content (AvgIpc) is 2.46. The number of ether oxygens (including phenoxy) is 2. The van der Waals surface area contributed by atoms with Crippen LogP contribution in [0.5, 0.6) is 5.75 Å². The molecule has 22 heavy (non-hydrogen) atoms. The Morgan fingerprint density at radius 3 is 2.59 bits per heavy atom. The number of carbonyl (C=O) groups is 2. The summed E-state index contributed by atoms with van der Waals surface area (Å²) < 4.78 is 11.9. The Hall–Kier alpha value is -1.34. The highest BCUT2D eigenvalue weighted by atomic mass is 79.9. The van der Waals surface area contributed by atoms with Crippen molar-refractivity contribution in [3.05, 3.63) is 38.5 Å². The summed E-state index contributed by atoms with van der Waals surface area (Å²) in [4.78, 5) is 24.6. The number of hydrogen-bond donors (Lipinski definition) is 1. The van der Waals surface area contributed by atoms with Crippen LogP contribution in [0.2, 0.25) is 0 Å². The van der Waals surface area contributed by atoms with Crippen LogP contribution in [-0.4, -0.2) is 30.1 Å². The number of benzene rings is 1. The Morgan fingerprint density at radius 1 is 1.41 bits per heavy atom. The van der Waals surface area contributed by atoms with Crippen LogP contribution in [-0.2, 0) is 9.53 Å². The standard InChI is InChI=1S/C15H14Br2O5/c1-15(2,14(20)21-3)13-9(6-18)11(19)8-4-7(16)5-10(17)12(8)22-13/h4-6,13,18H,1-3H3. The molecule has 0 spiro atoms. The van der Waals surface area contributed by atoms with Crippen LogP contribution in [0.1, 0.15) is 24.2 Å². The summed E-state index contributed by atoms with van der Waals surface area (Å²) in [6.45, 7) is 3.19. The van der Waals surface area contributed by atoms with Crippen LogP contribution in [0.25, 0.3) is 0 Å². The van der Waals surface area contributed by atoms with Gasteiger partial charge in [0.05, 0.1) is 29.0 Å². The molecular formula is C15H14Br2O5. The highest BCUT2D eigenvalue weighted by molar-refractivity contribution is 9.11. The van der Waals surface area contributed by atoms with E-state index >= 15 is 0 Å². The highest BCUT2D eigenvalue weighted by Gasteiger charge is 2.47. The number of carbonyl (C=O) groups excluding carboxylic acids is 2. The summed E-state index contributed by atoms with van der Waals surface area (Å²) in [5, 5.41) is 9.48. The van der Waals surface area contributed by atoms with Gasteiger partial charge < -0.3 is 14.6 Å². The molecule has 1 heterocycles. The minimum Gasteiger partial charge on any atom is -0.515 e. The van der Waals surface area contributed by atoms with Crippen molar-refractivity contribution in [1.29, 1.82) is 0 Å². The summed E-state index contributed by atoms with van der Waals surface area (Å²) in [6, 6.07) is 3.34. The normalized spacial score (nSPS) is 19.6. The first-order chi connectivity index (χ1) is 10.2. The van der Waals surface area contributed by atoms with E-state index in [4.69, 9.17) is 9.47 Å². The zero-order valence-corrected chi connectivity index (χ0v) is 15.3. The number of Topliss-reactive ketones (excluding diaryl/α,β-unsaturated/α-hetero) is 1.